The van der Waals surface area contributed by atoms with Crippen molar-refractivity contribution < 1.29 is 19.4 Å². The Hall–Kier alpha value is -1.92. The van der Waals surface area contributed by atoms with E-state index in [4.69, 9.17) is 9.84 Å². The van der Waals surface area contributed by atoms with Crippen LogP contribution in [0.1, 0.15) is 31.4 Å². The molecule has 23 heavy (non-hydrogen) atoms. The van der Waals surface area contributed by atoms with Crippen LogP contribution in [-0.2, 0) is 27.5 Å². The van der Waals surface area contributed by atoms with Gasteiger partial charge in [-0.2, -0.15) is 0 Å². The third-order valence-electron chi connectivity index (χ3n) is 3.22. The lowest BCUT2D eigenvalue weighted by molar-refractivity contribution is -0.137. The fourth-order valence-electron chi connectivity index (χ4n) is 1.88. The standard InChI is InChI=1S/C17H26N2O4/c1-13(2)23-12-15-6-4-14(5-7-15)10-18-16(20)11-19(3)9-8-17(21)22/h4-7,13H,8-12H2,1-3H3,(H,18,20)(H,21,22). The third kappa shape index (κ3) is 8.95. The highest BCUT2D eigenvalue weighted by molar-refractivity contribution is 5.78. The molecule has 128 valence electrons. The number of carbonyl (C=O) groups excluding carboxylic acids is 1. The van der Waals surface area contributed by atoms with Crippen molar-refractivity contribution in [2.45, 2.75) is 39.5 Å². The molecule has 2 N–H and O–H groups in total. The number of nitrogens with zero attached hydrogens (tertiary/aromatic N) is 1. The minimum absolute atomic E-state index is 0.0314. The van der Waals surface area contributed by atoms with Crippen LogP contribution in [0.2, 0.25) is 0 Å². The molecular weight excluding hydrogens is 296 g/mol. The minimum Gasteiger partial charge on any atom is -0.481 e. The first kappa shape index (κ1) is 19.1. The topological polar surface area (TPSA) is 78.9 Å². The van der Waals surface area contributed by atoms with Gasteiger partial charge in [0.2, 0.25) is 5.91 Å². The Balaban J connectivity index is 2.31. The molecule has 0 aromatic heterocycles. The van der Waals surface area contributed by atoms with Crippen LogP contribution in [0.4, 0.5) is 0 Å². The van der Waals surface area contributed by atoms with Crippen molar-refractivity contribution >= 4 is 11.9 Å². The summed E-state index contributed by atoms with van der Waals surface area (Å²) in [5.74, 6) is -0.982. The zero-order valence-electron chi connectivity index (χ0n) is 14.0. The first-order valence-corrected chi connectivity index (χ1v) is 7.73. The van der Waals surface area contributed by atoms with Crippen molar-refractivity contribution in [3.63, 3.8) is 0 Å². The normalized spacial score (nSPS) is 11.0. The van der Waals surface area contributed by atoms with Crippen LogP contribution >= 0.6 is 0 Å². The van der Waals surface area contributed by atoms with E-state index < -0.39 is 5.97 Å². The van der Waals surface area contributed by atoms with Gasteiger partial charge in [-0.25, -0.2) is 0 Å². The Labute approximate surface area is 137 Å². The van der Waals surface area contributed by atoms with Gasteiger partial charge < -0.3 is 15.2 Å². The van der Waals surface area contributed by atoms with Gasteiger partial charge in [0.1, 0.15) is 0 Å². The van der Waals surface area contributed by atoms with Crippen LogP contribution in [0, 0.1) is 0 Å². The summed E-state index contributed by atoms with van der Waals surface area (Å²) in [6.07, 6.45) is 0.232. The average Bonchev–Trinajstić information content (AvgIpc) is 2.50. The molecule has 1 aromatic carbocycles. The van der Waals surface area contributed by atoms with Crippen molar-refractivity contribution in [1.29, 1.82) is 0 Å². The molecule has 0 aliphatic rings. The number of ether oxygens (including phenoxy) is 1. The molecule has 1 amide bonds. The zero-order valence-corrected chi connectivity index (χ0v) is 14.0. The number of benzene rings is 1. The summed E-state index contributed by atoms with van der Waals surface area (Å²) in [6.45, 7) is 5.57. The Bertz CT molecular complexity index is 500. The molecule has 0 saturated carbocycles. The van der Waals surface area contributed by atoms with Gasteiger partial charge in [0.25, 0.3) is 0 Å². The smallest absolute Gasteiger partial charge is 0.304 e. The maximum Gasteiger partial charge on any atom is 0.304 e. The minimum atomic E-state index is -0.862. The average molecular weight is 322 g/mol. The molecule has 0 heterocycles. The molecule has 6 nitrogen and oxygen atoms in total. The molecule has 0 saturated heterocycles. The molecule has 0 atom stereocenters. The van der Waals surface area contributed by atoms with E-state index in [-0.39, 0.29) is 25.0 Å². The molecule has 0 spiro atoms. The number of nitrogens with one attached hydrogen (secondary N) is 1. The summed E-state index contributed by atoms with van der Waals surface area (Å²) in [6, 6.07) is 7.91. The fourth-order valence-corrected chi connectivity index (χ4v) is 1.88. The molecule has 1 aromatic rings. The molecule has 6 heteroatoms. The number of aliphatic carboxylic acids is 1. The second-order valence-corrected chi connectivity index (χ2v) is 5.83. The van der Waals surface area contributed by atoms with Crippen molar-refractivity contribution in [1.82, 2.24) is 10.2 Å². The summed E-state index contributed by atoms with van der Waals surface area (Å²) in [4.78, 5) is 24.0. The van der Waals surface area contributed by atoms with E-state index in [1.807, 2.05) is 38.1 Å². The van der Waals surface area contributed by atoms with E-state index in [0.29, 0.717) is 19.7 Å². The summed E-state index contributed by atoms with van der Waals surface area (Å²) in [7, 11) is 1.73. The lowest BCUT2D eigenvalue weighted by atomic mass is 10.1. The highest BCUT2D eigenvalue weighted by atomic mass is 16.5. The largest absolute Gasteiger partial charge is 0.481 e. The van der Waals surface area contributed by atoms with E-state index in [0.717, 1.165) is 11.1 Å². The van der Waals surface area contributed by atoms with Gasteiger partial charge in [-0.15, -0.1) is 0 Å². The summed E-state index contributed by atoms with van der Waals surface area (Å²) >= 11 is 0. The van der Waals surface area contributed by atoms with Gasteiger partial charge >= 0.3 is 5.97 Å². The first-order valence-electron chi connectivity index (χ1n) is 7.73. The Morgan fingerprint density at radius 3 is 2.39 bits per heavy atom. The van der Waals surface area contributed by atoms with Crippen molar-refractivity contribution in [3.8, 4) is 0 Å². The van der Waals surface area contributed by atoms with E-state index >= 15 is 0 Å². The van der Waals surface area contributed by atoms with Gasteiger partial charge in [-0.3, -0.25) is 14.5 Å². The molecule has 0 radical (unpaired) electrons. The predicted molar refractivity (Wildman–Crippen MR) is 88.0 cm³/mol. The number of hydrogen-bond acceptors (Lipinski definition) is 4. The maximum atomic E-state index is 11.8. The van der Waals surface area contributed by atoms with Crippen LogP contribution in [0.5, 0.6) is 0 Å². The number of carbonyl (C=O) groups is 2. The number of carboxylic acid groups (broad SMARTS) is 1. The van der Waals surface area contributed by atoms with Crippen LogP contribution in [0.25, 0.3) is 0 Å². The van der Waals surface area contributed by atoms with Gasteiger partial charge in [0, 0.05) is 13.1 Å². The van der Waals surface area contributed by atoms with Crippen molar-refractivity contribution in [3.05, 3.63) is 35.4 Å². The molecule has 0 aliphatic carbocycles. The monoisotopic (exact) mass is 322 g/mol. The lowest BCUT2D eigenvalue weighted by Crippen LogP contribution is -2.35. The van der Waals surface area contributed by atoms with E-state index in [9.17, 15) is 9.59 Å². The van der Waals surface area contributed by atoms with Gasteiger partial charge in [-0.1, -0.05) is 24.3 Å². The van der Waals surface area contributed by atoms with Gasteiger partial charge in [0.15, 0.2) is 0 Å². The number of rotatable bonds is 10. The molecule has 0 unspecified atom stereocenters. The van der Waals surface area contributed by atoms with Crippen LogP contribution < -0.4 is 5.32 Å². The van der Waals surface area contributed by atoms with E-state index in [1.54, 1.807) is 11.9 Å². The van der Waals surface area contributed by atoms with Crippen molar-refractivity contribution in [2.75, 3.05) is 20.1 Å². The molecule has 0 bridgehead atoms. The number of carboxylic acids is 1. The highest BCUT2D eigenvalue weighted by Crippen LogP contribution is 2.07. The Morgan fingerprint density at radius 2 is 1.83 bits per heavy atom. The maximum absolute atomic E-state index is 11.8. The zero-order chi connectivity index (χ0) is 17.2. The summed E-state index contributed by atoms with van der Waals surface area (Å²) in [5, 5.41) is 11.4. The van der Waals surface area contributed by atoms with E-state index in [2.05, 4.69) is 5.32 Å². The van der Waals surface area contributed by atoms with Crippen molar-refractivity contribution in [2.24, 2.45) is 0 Å². The van der Waals surface area contributed by atoms with Crippen LogP contribution in [-0.4, -0.2) is 48.1 Å². The van der Waals surface area contributed by atoms with Crippen LogP contribution in [0.3, 0.4) is 0 Å². The second kappa shape index (κ2) is 9.97. The second-order valence-electron chi connectivity index (χ2n) is 5.83. The molecule has 1 rings (SSSR count). The van der Waals surface area contributed by atoms with E-state index in [1.165, 1.54) is 0 Å². The third-order valence-corrected chi connectivity index (χ3v) is 3.22. The molecule has 0 fully saturated rings. The quantitative estimate of drug-likeness (QED) is 0.684. The van der Waals surface area contributed by atoms with Gasteiger partial charge in [0.05, 0.1) is 25.7 Å². The molecule has 0 aliphatic heterocycles. The summed E-state index contributed by atoms with van der Waals surface area (Å²) in [5.41, 5.74) is 2.11. The molecular formula is C17H26N2O4. The number of amides is 1. The number of hydrogen-bond donors (Lipinski definition) is 2. The van der Waals surface area contributed by atoms with Crippen LogP contribution in [0.15, 0.2) is 24.3 Å². The highest BCUT2D eigenvalue weighted by Gasteiger charge is 2.08. The lowest BCUT2D eigenvalue weighted by Gasteiger charge is -2.15. The Morgan fingerprint density at radius 1 is 1.22 bits per heavy atom. The Kier molecular flexibility index (Phi) is 8.29. The first-order chi connectivity index (χ1) is 10.9. The SMILES string of the molecule is CC(C)OCc1ccc(CNC(=O)CN(C)CCC(=O)O)cc1. The van der Waals surface area contributed by atoms with Gasteiger partial charge in [-0.05, 0) is 32.0 Å². The number of likely N-dealkylation sites (N-methyl/N-ethyl adjacent to an activating group) is 1. The predicted octanol–water partition coefficient (Wildman–Crippen LogP) is 1.63. The summed E-state index contributed by atoms with van der Waals surface area (Å²) < 4.78 is 5.53. The fraction of sp³-hybridized carbons (Fsp3) is 0.529.